The van der Waals surface area contributed by atoms with Crippen LogP contribution < -0.4 is 5.73 Å². The molecule has 2 rings (SSSR count). The topological polar surface area (TPSA) is 80.8 Å². The maximum Gasteiger partial charge on any atom is 0.261 e. The maximum absolute atomic E-state index is 13.2. The van der Waals surface area contributed by atoms with Gasteiger partial charge in [0.15, 0.2) is 11.5 Å². The molecular weight excluding hydrogens is 352 g/mol. The van der Waals surface area contributed by atoms with E-state index in [1.807, 2.05) is 52.8 Å². The standard InChI is InChI=1S/C22H32N4O2/c1-8-28-17(5)13-16(4)22(20(27)26(7)21(23)25-22)15(3)12-14(2)19-10-9-11-24-18(19)6/h9-12,16-17H,3,8,13H2,1-2,4-7H3,(H2,23,25). The summed E-state index contributed by atoms with van der Waals surface area (Å²) in [6.07, 6.45) is 4.37. The Kier molecular flexibility index (Phi) is 6.77. The molecule has 0 aliphatic carbocycles. The fourth-order valence-electron chi connectivity index (χ4n) is 3.88. The molecule has 3 atom stereocenters. The Bertz CT molecular complexity index is 815. The average Bonchev–Trinajstić information content (AvgIpc) is 2.87. The van der Waals surface area contributed by atoms with Crippen molar-refractivity contribution in [3.63, 3.8) is 0 Å². The van der Waals surface area contributed by atoms with Crippen LogP contribution in [-0.2, 0) is 9.53 Å². The van der Waals surface area contributed by atoms with Crippen molar-refractivity contribution in [1.29, 1.82) is 0 Å². The summed E-state index contributed by atoms with van der Waals surface area (Å²) in [4.78, 5) is 23.6. The van der Waals surface area contributed by atoms with E-state index in [9.17, 15) is 4.79 Å². The molecule has 0 spiro atoms. The summed E-state index contributed by atoms with van der Waals surface area (Å²) < 4.78 is 5.69. The van der Waals surface area contributed by atoms with Gasteiger partial charge in [0, 0.05) is 25.5 Å². The highest BCUT2D eigenvalue weighted by Gasteiger charge is 2.52. The van der Waals surface area contributed by atoms with E-state index in [4.69, 9.17) is 10.5 Å². The van der Waals surface area contributed by atoms with Crippen LogP contribution in [0.5, 0.6) is 0 Å². The van der Waals surface area contributed by atoms with E-state index in [2.05, 4.69) is 16.6 Å². The van der Waals surface area contributed by atoms with Gasteiger partial charge in [0.1, 0.15) is 0 Å². The van der Waals surface area contributed by atoms with Gasteiger partial charge in [0.25, 0.3) is 5.91 Å². The second-order valence-electron chi connectivity index (χ2n) is 7.49. The fraction of sp³-hybridized carbons (Fsp3) is 0.500. The average molecular weight is 385 g/mol. The number of guanidine groups is 1. The van der Waals surface area contributed by atoms with Crippen molar-refractivity contribution in [3.8, 4) is 0 Å². The van der Waals surface area contributed by atoms with E-state index < -0.39 is 5.54 Å². The number of hydrogen-bond acceptors (Lipinski definition) is 5. The van der Waals surface area contributed by atoms with E-state index >= 15 is 0 Å². The van der Waals surface area contributed by atoms with Gasteiger partial charge in [0.2, 0.25) is 0 Å². The number of likely N-dealkylation sites (N-methyl/N-ethyl adjacent to an activating group) is 1. The summed E-state index contributed by atoms with van der Waals surface area (Å²) in [5.41, 5.74) is 8.46. The molecule has 2 N–H and O–H groups in total. The number of hydrogen-bond donors (Lipinski definition) is 1. The van der Waals surface area contributed by atoms with Crippen LogP contribution >= 0.6 is 0 Å². The molecule has 28 heavy (non-hydrogen) atoms. The molecule has 2 heterocycles. The first-order valence-electron chi connectivity index (χ1n) is 9.69. The van der Waals surface area contributed by atoms with E-state index in [0.29, 0.717) is 18.6 Å². The Labute approximate surface area is 168 Å². The number of allylic oxidation sites excluding steroid dienone is 1. The molecule has 0 fully saturated rings. The van der Waals surface area contributed by atoms with Crippen LogP contribution in [0.3, 0.4) is 0 Å². The van der Waals surface area contributed by atoms with Gasteiger partial charge in [-0.1, -0.05) is 25.6 Å². The Balaban J connectivity index is 2.45. The van der Waals surface area contributed by atoms with Gasteiger partial charge < -0.3 is 10.5 Å². The number of carbonyl (C=O) groups excluding carboxylic acids is 1. The van der Waals surface area contributed by atoms with Crippen LogP contribution in [0, 0.1) is 12.8 Å². The Hall–Kier alpha value is -2.47. The number of aryl methyl sites for hydroxylation is 1. The Morgan fingerprint density at radius 3 is 2.68 bits per heavy atom. The van der Waals surface area contributed by atoms with Gasteiger partial charge in [-0.2, -0.15) is 0 Å². The molecule has 0 saturated heterocycles. The zero-order valence-electron chi connectivity index (χ0n) is 17.8. The molecule has 6 heteroatoms. The molecule has 0 aromatic carbocycles. The lowest BCUT2D eigenvalue weighted by molar-refractivity contribution is -0.130. The molecule has 1 aliphatic heterocycles. The third-order valence-electron chi connectivity index (χ3n) is 5.43. The number of carbonyl (C=O) groups is 1. The molecule has 0 bridgehead atoms. The van der Waals surface area contributed by atoms with Crippen LogP contribution in [0.4, 0.5) is 0 Å². The van der Waals surface area contributed by atoms with Crippen LogP contribution in [0.1, 0.15) is 45.4 Å². The van der Waals surface area contributed by atoms with Crippen molar-refractivity contribution in [1.82, 2.24) is 9.88 Å². The third-order valence-corrected chi connectivity index (χ3v) is 5.43. The van der Waals surface area contributed by atoms with Crippen molar-refractivity contribution < 1.29 is 9.53 Å². The number of rotatable bonds is 8. The quantitative estimate of drug-likeness (QED) is 0.697. The van der Waals surface area contributed by atoms with Crippen molar-refractivity contribution in [2.45, 2.75) is 52.7 Å². The number of aromatic nitrogens is 1. The zero-order valence-corrected chi connectivity index (χ0v) is 17.8. The van der Waals surface area contributed by atoms with Crippen LogP contribution in [-0.4, -0.2) is 47.0 Å². The molecule has 1 aromatic rings. The number of ether oxygens (including phenoxy) is 1. The van der Waals surface area contributed by atoms with Crippen LogP contribution in [0.25, 0.3) is 5.57 Å². The smallest absolute Gasteiger partial charge is 0.261 e. The van der Waals surface area contributed by atoms with Crippen molar-refractivity contribution >= 4 is 17.4 Å². The second-order valence-corrected chi connectivity index (χ2v) is 7.49. The first-order valence-corrected chi connectivity index (χ1v) is 9.69. The Morgan fingerprint density at radius 2 is 2.14 bits per heavy atom. The highest BCUT2D eigenvalue weighted by molar-refractivity contribution is 6.09. The minimum absolute atomic E-state index is 0.00505. The predicted octanol–water partition coefficient (Wildman–Crippen LogP) is 3.33. The van der Waals surface area contributed by atoms with Gasteiger partial charge in [-0.05, 0) is 62.8 Å². The van der Waals surface area contributed by atoms with Gasteiger partial charge in [-0.15, -0.1) is 0 Å². The molecule has 152 valence electrons. The molecule has 1 aromatic heterocycles. The summed E-state index contributed by atoms with van der Waals surface area (Å²) in [7, 11) is 1.65. The third kappa shape index (κ3) is 4.02. The molecular formula is C22H32N4O2. The lowest BCUT2D eigenvalue weighted by atomic mass is 9.75. The van der Waals surface area contributed by atoms with Crippen molar-refractivity contribution in [2.24, 2.45) is 16.6 Å². The monoisotopic (exact) mass is 384 g/mol. The first-order chi connectivity index (χ1) is 13.1. The van der Waals surface area contributed by atoms with Crippen molar-refractivity contribution in [2.75, 3.05) is 13.7 Å². The SMILES string of the molecule is C=C(C=C(C)c1cccnc1C)C1(C(C)CC(C)OCC)N=C(N)N(C)C1=O. The zero-order chi connectivity index (χ0) is 21.1. The number of nitrogens with zero attached hydrogens (tertiary/aromatic N) is 3. The van der Waals surface area contributed by atoms with E-state index in [0.717, 1.165) is 16.8 Å². The summed E-state index contributed by atoms with van der Waals surface area (Å²) in [6, 6.07) is 3.91. The highest BCUT2D eigenvalue weighted by atomic mass is 16.5. The number of aliphatic imine (C=N–C) groups is 1. The lowest BCUT2D eigenvalue weighted by Crippen LogP contribution is -2.47. The molecule has 3 unspecified atom stereocenters. The largest absolute Gasteiger partial charge is 0.379 e. The summed E-state index contributed by atoms with van der Waals surface area (Å²) in [5.74, 6) is -0.0690. The van der Waals surface area contributed by atoms with E-state index in [1.165, 1.54) is 4.90 Å². The van der Waals surface area contributed by atoms with Gasteiger partial charge >= 0.3 is 0 Å². The van der Waals surface area contributed by atoms with Crippen LogP contribution in [0.2, 0.25) is 0 Å². The molecule has 1 aliphatic rings. The summed E-state index contributed by atoms with van der Waals surface area (Å²) >= 11 is 0. The molecule has 0 saturated carbocycles. The van der Waals surface area contributed by atoms with E-state index in [-0.39, 0.29) is 23.9 Å². The molecule has 1 amide bonds. The van der Waals surface area contributed by atoms with Gasteiger partial charge in [0.05, 0.1) is 6.10 Å². The first kappa shape index (κ1) is 21.8. The summed E-state index contributed by atoms with van der Waals surface area (Å²) in [6.45, 7) is 14.8. The molecule has 0 radical (unpaired) electrons. The minimum atomic E-state index is -1.12. The van der Waals surface area contributed by atoms with Crippen molar-refractivity contribution in [3.05, 3.63) is 47.8 Å². The molecule has 6 nitrogen and oxygen atoms in total. The van der Waals surface area contributed by atoms with Gasteiger partial charge in [-0.25, -0.2) is 4.99 Å². The Morgan fingerprint density at radius 1 is 1.46 bits per heavy atom. The minimum Gasteiger partial charge on any atom is -0.379 e. The highest BCUT2D eigenvalue weighted by Crippen LogP contribution is 2.39. The summed E-state index contributed by atoms with van der Waals surface area (Å²) in [5, 5.41) is 0. The van der Waals surface area contributed by atoms with Crippen LogP contribution in [0.15, 0.2) is 41.6 Å². The lowest BCUT2D eigenvalue weighted by Gasteiger charge is -2.33. The number of amides is 1. The number of nitrogens with two attached hydrogens (primary N) is 1. The predicted molar refractivity (Wildman–Crippen MR) is 114 cm³/mol. The number of pyridine rings is 1. The van der Waals surface area contributed by atoms with Gasteiger partial charge in [-0.3, -0.25) is 14.7 Å². The van der Waals surface area contributed by atoms with E-state index in [1.54, 1.807) is 13.2 Å². The fourth-order valence-corrected chi connectivity index (χ4v) is 3.88. The maximum atomic E-state index is 13.2. The second kappa shape index (κ2) is 8.69. The normalized spacial score (nSPS) is 22.2.